The van der Waals surface area contributed by atoms with Gasteiger partial charge < -0.3 is 15.1 Å². The molecule has 0 radical (unpaired) electrons. The van der Waals surface area contributed by atoms with Gasteiger partial charge in [0.2, 0.25) is 0 Å². The molecule has 2 aromatic heterocycles. The van der Waals surface area contributed by atoms with Gasteiger partial charge in [0.1, 0.15) is 10.8 Å². The molecule has 7 heteroatoms. The average molecular weight is 424 g/mol. The number of aliphatic imine (C=N–C) groups is 1. The molecule has 30 heavy (non-hydrogen) atoms. The molecule has 2 N–H and O–H groups in total. The maximum absolute atomic E-state index is 5.72. The molecule has 3 aromatic rings. The Morgan fingerprint density at radius 2 is 2.00 bits per heavy atom. The van der Waals surface area contributed by atoms with Crippen LogP contribution in [0.2, 0.25) is 0 Å². The number of thiazole rings is 1. The van der Waals surface area contributed by atoms with Crippen LogP contribution in [0.1, 0.15) is 36.6 Å². The number of hydrogen-bond donors (Lipinski definition) is 2. The summed E-state index contributed by atoms with van der Waals surface area (Å²) in [6.07, 6.45) is 4.25. The van der Waals surface area contributed by atoms with Crippen molar-refractivity contribution in [1.29, 1.82) is 0 Å². The Bertz CT molecular complexity index is 916. The Morgan fingerprint density at radius 3 is 2.73 bits per heavy atom. The van der Waals surface area contributed by atoms with E-state index >= 15 is 0 Å². The third-order valence-corrected chi connectivity index (χ3v) is 6.09. The summed E-state index contributed by atoms with van der Waals surface area (Å²) in [4.78, 5) is 12.0. The zero-order valence-corrected chi connectivity index (χ0v) is 18.2. The second kappa shape index (κ2) is 10.4. The van der Waals surface area contributed by atoms with Crippen molar-refractivity contribution in [3.8, 4) is 11.3 Å². The average Bonchev–Trinajstić information content (AvgIpc) is 3.56. The van der Waals surface area contributed by atoms with E-state index in [4.69, 9.17) is 14.4 Å². The zero-order chi connectivity index (χ0) is 20.6. The SMILES string of the molecule is CCNC(=NCc1nc(-c2ccccc2)cs1)NCC(c1ccco1)N1CCCC1. The lowest BCUT2D eigenvalue weighted by atomic mass is 10.2. The number of hydrogen-bond acceptors (Lipinski definition) is 5. The fourth-order valence-electron chi connectivity index (χ4n) is 3.75. The first-order valence-corrected chi connectivity index (χ1v) is 11.5. The van der Waals surface area contributed by atoms with Crippen LogP contribution in [0.15, 0.2) is 63.5 Å². The minimum Gasteiger partial charge on any atom is -0.468 e. The van der Waals surface area contributed by atoms with E-state index in [1.165, 1.54) is 12.8 Å². The molecule has 0 spiro atoms. The van der Waals surface area contributed by atoms with E-state index in [1.54, 1.807) is 17.6 Å². The smallest absolute Gasteiger partial charge is 0.191 e. The van der Waals surface area contributed by atoms with E-state index in [-0.39, 0.29) is 6.04 Å². The van der Waals surface area contributed by atoms with Crippen molar-refractivity contribution in [3.63, 3.8) is 0 Å². The minimum absolute atomic E-state index is 0.218. The number of nitrogens with one attached hydrogen (secondary N) is 2. The lowest BCUT2D eigenvalue weighted by Crippen LogP contribution is -2.42. The predicted molar refractivity (Wildman–Crippen MR) is 123 cm³/mol. The summed E-state index contributed by atoms with van der Waals surface area (Å²) in [6, 6.07) is 14.5. The number of aromatic nitrogens is 1. The molecule has 158 valence electrons. The third-order valence-electron chi connectivity index (χ3n) is 5.25. The van der Waals surface area contributed by atoms with Gasteiger partial charge in [0.05, 0.1) is 24.5 Å². The summed E-state index contributed by atoms with van der Waals surface area (Å²) in [5.41, 5.74) is 2.15. The van der Waals surface area contributed by atoms with Crippen LogP contribution in [0.3, 0.4) is 0 Å². The molecule has 1 aliphatic rings. The highest BCUT2D eigenvalue weighted by Crippen LogP contribution is 2.25. The van der Waals surface area contributed by atoms with Crippen LogP contribution in [-0.4, -0.2) is 42.0 Å². The van der Waals surface area contributed by atoms with Gasteiger partial charge in [0.15, 0.2) is 5.96 Å². The van der Waals surface area contributed by atoms with Crippen molar-refractivity contribution in [2.24, 2.45) is 4.99 Å². The fraction of sp³-hybridized carbons (Fsp3) is 0.391. The van der Waals surface area contributed by atoms with Gasteiger partial charge in [-0.1, -0.05) is 30.3 Å². The monoisotopic (exact) mass is 423 g/mol. The molecule has 0 amide bonds. The summed E-state index contributed by atoms with van der Waals surface area (Å²) < 4.78 is 5.72. The summed E-state index contributed by atoms with van der Waals surface area (Å²) in [7, 11) is 0. The van der Waals surface area contributed by atoms with E-state index in [0.29, 0.717) is 6.54 Å². The number of nitrogens with zero attached hydrogens (tertiary/aromatic N) is 3. The highest BCUT2D eigenvalue weighted by atomic mass is 32.1. The molecule has 4 rings (SSSR count). The second-order valence-corrected chi connectivity index (χ2v) is 8.29. The molecule has 1 aromatic carbocycles. The van der Waals surface area contributed by atoms with Gasteiger partial charge in [-0.15, -0.1) is 11.3 Å². The van der Waals surface area contributed by atoms with Crippen LogP contribution in [0.5, 0.6) is 0 Å². The highest BCUT2D eigenvalue weighted by molar-refractivity contribution is 7.09. The topological polar surface area (TPSA) is 65.7 Å². The highest BCUT2D eigenvalue weighted by Gasteiger charge is 2.25. The standard InChI is InChI=1S/C23H29N5OS/c1-2-24-23(25-15-20(21-11-8-14-29-21)28-12-6-7-13-28)26-16-22-27-19(17-30-22)18-9-4-3-5-10-18/h3-5,8-11,14,17,20H,2,6-7,12-13,15-16H2,1H3,(H2,24,25,26). The molecule has 3 heterocycles. The molecule has 6 nitrogen and oxygen atoms in total. The third kappa shape index (κ3) is 5.29. The number of furan rings is 1. The Balaban J connectivity index is 1.40. The Labute approximate surface area is 182 Å². The number of likely N-dealkylation sites (tertiary alicyclic amines) is 1. The van der Waals surface area contributed by atoms with Crippen molar-refractivity contribution in [2.45, 2.75) is 32.4 Å². The zero-order valence-electron chi connectivity index (χ0n) is 17.4. The van der Waals surface area contributed by atoms with E-state index in [1.807, 2.05) is 24.3 Å². The van der Waals surface area contributed by atoms with Crippen LogP contribution < -0.4 is 10.6 Å². The van der Waals surface area contributed by atoms with Crippen LogP contribution in [0.4, 0.5) is 0 Å². The van der Waals surface area contributed by atoms with Gasteiger partial charge in [0, 0.05) is 24.0 Å². The van der Waals surface area contributed by atoms with E-state index in [2.05, 4.69) is 46.0 Å². The predicted octanol–water partition coefficient (Wildman–Crippen LogP) is 4.30. The van der Waals surface area contributed by atoms with Crippen molar-refractivity contribution in [1.82, 2.24) is 20.5 Å². The minimum atomic E-state index is 0.218. The van der Waals surface area contributed by atoms with E-state index in [9.17, 15) is 0 Å². The van der Waals surface area contributed by atoms with Crippen LogP contribution in [-0.2, 0) is 6.54 Å². The molecule has 0 bridgehead atoms. The molecule has 1 fully saturated rings. The van der Waals surface area contributed by atoms with Crippen LogP contribution in [0.25, 0.3) is 11.3 Å². The summed E-state index contributed by atoms with van der Waals surface area (Å²) in [6.45, 7) is 6.44. The number of benzene rings is 1. The summed E-state index contributed by atoms with van der Waals surface area (Å²) in [5.74, 6) is 1.82. The van der Waals surface area contributed by atoms with Gasteiger partial charge >= 0.3 is 0 Å². The lowest BCUT2D eigenvalue weighted by molar-refractivity contribution is 0.215. The number of rotatable bonds is 8. The van der Waals surface area contributed by atoms with Gasteiger partial charge in [0.25, 0.3) is 0 Å². The van der Waals surface area contributed by atoms with Crippen molar-refractivity contribution in [2.75, 3.05) is 26.2 Å². The molecule has 1 aliphatic heterocycles. The van der Waals surface area contributed by atoms with Crippen molar-refractivity contribution in [3.05, 3.63) is 64.9 Å². The van der Waals surface area contributed by atoms with Crippen molar-refractivity contribution < 1.29 is 4.42 Å². The Morgan fingerprint density at radius 1 is 1.17 bits per heavy atom. The quantitative estimate of drug-likeness (QED) is 0.418. The second-order valence-electron chi connectivity index (χ2n) is 7.34. The molecule has 0 saturated carbocycles. The van der Waals surface area contributed by atoms with Gasteiger partial charge in [-0.2, -0.15) is 0 Å². The van der Waals surface area contributed by atoms with E-state index < -0.39 is 0 Å². The normalized spacial score (nSPS) is 16.0. The molecule has 0 aliphatic carbocycles. The first-order chi connectivity index (χ1) is 14.8. The van der Waals surface area contributed by atoms with E-state index in [0.717, 1.165) is 54.2 Å². The molecule has 1 unspecified atom stereocenters. The lowest BCUT2D eigenvalue weighted by Gasteiger charge is -2.26. The Kier molecular flexibility index (Phi) is 7.16. The number of guanidine groups is 1. The molecule has 1 atom stereocenters. The van der Waals surface area contributed by atoms with Crippen LogP contribution >= 0.6 is 11.3 Å². The first kappa shape index (κ1) is 20.6. The molecule has 1 saturated heterocycles. The fourth-order valence-corrected chi connectivity index (χ4v) is 4.48. The van der Waals surface area contributed by atoms with Gasteiger partial charge in [-0.25, -0.2) is 9.98 Å². The molecular weight excluding hydrogens is 394 g/mol. The van der Waals surface area contributed by atoms with Crippen molar-refractivity contribution >= 4 is 17.3 Å². The summed E-state index contributed by atoms with van der Waals surface area (Å²) in [5, 5.41) is 9.96. The van der Waals surface area contributed by atoms with Crippen LogP contribution in [0, 0.1) is 0 Å². The maximum Gasteiger partial charge on any atom is 0.191 e. The molecular formula is C23H29N5OS. The van der Waals surface area contributed by atoms with Gasteiger partial charge in [-0.3, -0.25) is 4.90 Å². The maximum atomic E-state index is 5.72. The first-order valence-electron chi connectivity index (χ1n) is 10.6. The summed E-state index contributed by atoms with van der Waals surface area (Å²) >= 11 is 1.65. The Hall–Kier alpha value is -2.64. The van der Waals surface area contributed by atoms with Gasteiger partial charge in [-0.05, 0) is 45.0 Å². The largest absolute Gasteiger partial charge is 0.468 e.